The molecule has 0 radical (unpaired) electrons. The van der Waals surface area contributed by atoms with Gasteiger partial charge in [-0.2, -0.15) is 0 Å². The summed E-state index contributed by atoms with van der Waals surface area (Å²) in [6.45, 7) is 9.35. The molecule has 1 saturated heterocycles. The van der Waals surface area contributed by atoms with Crippen molar-refractivity contribution in [2.75, 3.05) is 43.0 Å². The molecule has 0 unspecified atom stereocenters. The van der Waals surface area contributed by atoms with Crippen LogP contribution in [-0.2, 0) is 4.79 Å². The molecule has 2 aliphatic heterocycles. The molecule has 0 atom stereocenters. The molecule has 2 aromatic carbocycles. The topological polar surface area (TPSA) is 77.9 Å². The highest BCUT2D eigenvalue weighted by Crippen LogP contribution is 2.48. The van der Waals surface area contributed by atoms with Gasteiger partial charge in [0.1, 0.15) is 23.7 Å². The van der Waals surface area contributed by atoms with Crippen molar-refractivity contribution < 1.29 is 23.4 Å². The molecule has 1 amide bonds. The van der Waals surface area contributed by atoms with Gasteiger partial charge >= 0.3 is 0 Å². The van der Waals surface area contributed by atoms with Crippen LogP contribution in [0.15, 0.2) is 49.2 Å². The van der Waals surface area contributed by atoms with Crippen molar-refractivity contribution >= 4 is 39.9 Å². The number of benzene rings is 2. The number of rotatable bonds is 3. The van der Waals surface area contributed by atoms with E-state index in [1.54, 1.807) is 4.90 Å². The number of hydrogen-bond acceptors (Lipinski definition) is 6. The first-order valence-corrected chi connectivity index (χ1v) is 11.3. The van der Waals surface area contributed by atoms with Crippen LogP contribution in [0.5, 0.6) is 11.5 Å². The zero-order valence-corrected chi connectivity index (χ0v) is 19.3. The van der Waals surface area contributed by atoms with Crippen LogP contribution in [-0.4, -0.2) is 53.7 Å². The van der Waals surface area contributed by atoms with Crippen LogP contribution in [0.3, 0.4) is 0 Å². The molecule has 5 rings (SSSR count). The van der Waals surface area contributed by atoms with Gasteiger partial charge in [-0.15, -0.1) is 0 Å². The number of hydrogen-bond donors (Lipinski definition) is 2. The van der Waals surface area contributed by atoms with Crippen LogP contribution < -0.4 is 15.0 Å². The summed E-state index contributed by atoms with van der Waals surface area (Å²) in [6.07, 6.45) is 1.27. The molecule has 0 spiro atoms. The van der Waals surface area contributed by atoms with E-state index in [0.29, 0.717) is 48.7 Å². The van der Waals surface area contributed by atoms with Crippen LogP contribution >= 0.6 is 11.6 Å². The molecule has 7 nitrogen and oxygen atoms in total. The van der Waals surface area contributed by atoms with Gasteiger partial charge in [0.25, 0.3) is 0 Å². The van der Waals surface area contributed by atoms with Crippen molar-refractivity contribution in [1.29, 1.82) is 0 Å². The van der Waals surface area contributed by atoms with Gasteiger partial charge in [0, 0.05) is 42.8 Å². The van der Waals surface area contributed by atoms with E-state index in [9.17, 15) is 14.3 Å². The molecular formula is C25H21ClF2N4O3. The number of halogens is 3. The third-order valence-electron chi connectivity index (χ3n) is 6.11. The lowest BCUT2D eigenvalue weighted by atomic mass is 9.99. The third kappa shape index (κ3) is 3.81. The number of piperazine rings is 1. The van der Waals surface area contributed by atoms with E-state index in [0.717, 1.165) is 6.07 Å². The lowest BCUT2D eigenvalue weighted by Crippen LogP contribution is -2.48. The summed E-state index contributed by atoms with van der Waals surface area (Å²) in [5, 5.41) is 13.6. The Labute approximate surface area is 204 Å². The molecule has 3 aromatic rings. The Morgan fingerprint density at radius 2 is 1.97 bits per heavy atom. The fourth-order valence-corrected chi connectivity index (χ4v) is 4.75. The van der Waals surface area contributed by atoms with Crippen LogP contribution in [0.4, 0.5) is 20.3 Å². The number of phenolic OH excluding ortho intramolecular Hbond substituents is 1. The van der Waals surface area contributed by atoms with E-state index in [-0.39, 0.29) is 40.0 Å². The van der Waals surface area contributed by atoms with E-state index < -0.39 is 17.4 Å². The molecule has 1 fully saturated rings. The maximum absolute atomic E-state index is 16.0. The molecule has 2 N–H and O–H groups in total. The van der Waals surface area contributed by atoms with Gasteiger partial charge in [-0.25, -0.2) is 13.8 Å². The van der Waals surface area contributed by atoms with Crippen molar-refractivity contribution in [2.45, 2.75) is 0 Å². The molecule has 1 aromatic heterocycles. The van der Waals surface area contributed by atoms with E-state index in [1.807, 2.05) is 4.90 Å². The van der Waals surface area contributed by atoms with E-state index >= 15 is 4.39 Å². The van der Waals surface area contributed by atoms with E-state index in [4.69, 9.17) is 16.3 Å². The Hall–Kier alpha value is -3.85. The zero-order chi connectivity index (χ0) is 24.9. The van der Waals surface area contributed by atoms with Crippen molar-refractivity contribution in [1.82, 2.24) is 9.88 Å². The van der Waals surface area contributed by atoms with Gasteiger partial charge < -0.3 is 25.0 Å². The Morgan fingerprint density at radius 3 is 2.66 bits per heavy atom. The lowest BCUT2D eigenvalue weighted by molar-refractivity contribution is -0.126. The highest BCUT2D eigenvalue weighted by Gasteiger charge is 2.31. The zero-order valence-electron chi connectivity index (χ0n) is 18.6. The smallest absolute Gasteiger partial charge is 0.246 e. The average Bonchev–Trinajstić information content (AvgIpc) is 2.84. The monoisotopic (exact) mass is 498 g/mol. The van der Waals surface area contributed by atoms with Crippen LogP contribution in [0.1, 0.15) is 0 Å². The van der Waals surface area contributed by atoms with Crippen LogP contribution in [0.2, 0.25) is 5.02 Å². The van der Waals surface area contributed by atoms with Crippen molar-refractivity contribution in [2.24, 2.45) is 0 Å². The highest BCUT2D eigenvalue weighted by molar-refractivity contribution is 6.34. The number of aromatic hydroxyl groups is 1. The molecule has 3 heterocycles. The Morgan fingerprint density at radius 1 is 1.23 bits per heavy atom. The number of phenols is 1. The molecule has 0 saturated carbocycles. The van der Waals surface area contributed by atoms with E-state index in [2.05, 4.69) is 23.5 Å². The number of fused-ring (bicyclic) bond motifs is 2. The summed E-state index contributed by atoms with van der Waals surface area (Å²) in [5.74, 6) is -1.63. The number of ether oxygens (including phenoxy) is 1. The molecule has 180 valence electrons. The number of nitrogens with one attached hydrogen (secondary N) is 1. The Kier molecular flexibility index (Phi) is 5.72. The minimum Gasteiger partial charge on any atom is -0.507 e. The number of carbonyl (C=O) groups is 1. The normalized spacial score (nSPS) is 15.5. The molecule has 10 heteroatoms. The largest absolute Gasteiger partial charge is 0.507 e. The maximum atomic E-state index is 16.0. The van der Waals surface area contributed by atoms with Crippen LogP contribution in [0, 0.1) is 11.6 Å². The minimum atomic E-state index is -0.879. The Balaban J connectivity index is 1.72. The van der Waals surface area contributed by atoms with Crippen molar-refractivity contribution in [3.63, 3.8) is 0 Å². The fourth-order valence-electron chi connectivity index (χ4n) is 4.46. The first kappa shape index (κ1) is 22.9. The first-order chi connectivity index (χ1) is 16.8. The minimum absolute atomic E-state index is 0.0730. The van der Waals surface area contributed by atoms with Gasteiger partial charge in [0.05, 0.1) is 16.3 Å². The summed E-state index contributed by atoms with van der Waals surface area (Å²) in [5.41, 5.74) is 0.392. The summed E-state index contributed by atoms with van der Waals surface area (Å²) in [4.78, 5) is 20.1. The second-order valence-electron chi connectivity index (χ2n) is 8.25. The van der Waals surface area contributed by atoms with E-state index in [1.165, 1.54) is 24.3 Å². The van der Waals surface area contributed by atoms with Gasteiger partial charge in [-0.05, 0) is 24.3 Å². The predicted octanol–water partition coefficient (Wildman–Crippen LogP) is 4.69. The van der Waals surface area contributed by atoms with Crippen molar-refractivity contribution in [3.05, 3.63) is 65.9 Å². The van der Waals surface area contributed by atoms with Crippen LogP contribution in [0.25, 0.3) is 22.0 Å². The quantitative estimate of drug-likeness (QED) is 0.510. The molecule has 2 aliphatic rings. The van der Waals surface area contributed by atoms with Gasteiger partial charge in [0.2, 0.25) is 5.91 Å². The summed E-state index contributed by atoms with van der Waals surface area (Å²) < 4.78 is 36.6. The fraction of sp³-hybridized carbons (Fsp3) is 0.200. The standard InChI is InChI=1S/C25H21ClF2N4O3/c1-3-18(34)31-7-9-32(10-8-31)23-14-11-15(26)19(20-16(27)5-4-6-17(20)33)21(28)22(14)30-25-24(23)35-12-13(2)29-25/h3-6,11,33H,1-2,7-10,12H2,(H,29,30). The molecular weight excluding hydrogens is 478 g/mol. The second kappa shape index (κ2) is 8.74. The first-order valence-electron chi connectivity index (χ1n) is 10.9. The second-order valence-corrected chi connectivity index (χ2v) is 8.66. The van der Waals surface area contributed by atoms with Gasteiger partial charge in [0.15, 0.2) is 17.4 Å². The number of pyridine rings is 1. The van der Waals surface area contributed by atoms with Gasteiger partial charge in [-0.1, -0.05) is 30.8 Å². The third-order valence-corrected chi connectivity index (χ3v) is 6.41. The molecule has 0 bridgehead atoms. The average molecular weight is 499 g/mol. The number of anilines is 2. The SMILES string of the molecule is C=CC(=O)N1CCN(c2c3c(nc4c(F)c(-c5c(O)cccc5F)c(Cl)cc24)NC(=C)CO3)CC1. The summed E-state index contributed by atoms with van der Waals surface area (Å²) in [6, 6.07) is 5.19. The predicted molar refractivity (Wildman–Crippen MR) is 131 cm³/mol. The number of amides is 1. The maximum Gasteiger partial charge on any atom is 0.246 e. The Bertz CT molecular complexity index is 1380. The number of nitrogens with zero attached hydrogens (tertiary/aromatic N) is 3. The van der Waals surface area contributed by atoms with Gasteiger partial charge in [-0.3, -0.25) is 4.79 Å². The summed E-state index contributed by atoms with van der Waals surface area (Å²) in [7, 11) is 0. The van der Waals surface area contributed by atoms with Crippen molar-refractivity contribution in [3.8, 4) is 22.6 Å². The highest BCUT2D eigenvalue weighted by atomic mass is 35.5. The molecule has 35 heavy (non-hydrogen) atoms. The number of aromatic nitrogens is 1. The molecule has 0 aliphatic carbocycles. The lowest BCUT2D eigenvalue weighted by Gasteiger charge is -2.38. The summed E-state index contributed by atoms with van der Waals surface area (Å²) >= 11 is 6.49. The number of carbonyl (C=O) groups excluding carboxylic acids is 1.